The average Bonchev–Trinajstić information content (AvgIpc) is 2.43. The largest absolute Gasteiger partial charge is 0.341 e. The van der Waals surface area contributed by atoms with Crippen LogP contribution in [0.2, 0.25) is 5.02 Å². The van der Waals surface area contributed by atoms with E-state index in [1.807, 2.05) is 30.3 Å². The van der Waals surface area contributed by atoms with Gasteiger partial charge in [0.15, 0.2) is 0 Å². The highest BCUT2D eigenvalue weighted by molar-refractivity contribution is 6.30. The maximum absolute atomic E-state index is 13.6. The van der Waals surface area contributed by atoms with Gasteiger partial charge in [-0.05, 0) is 23.3 Å². The molecule has 0 aliphatic carbocycles. The molecule has 2 rings (SSSR count). The molecule has 0 N–H and O–H groups in total. The number of halogens is 2. The smallest absolute Gasteiger partial charge is 0.227 e. The van der Waals surface area contributed by atoms with Gasteiger partial charge in [0.25, 0.3) is 0 Å². The molecule has 0 aliphatic heterocycles. The summed E-state index contributed by atoms with van der Waals surface area (Å²) in [6.45, 7) is 0.509. The third kappa shape index (κ3) is 3.81. The third-order valence-corrected chi connectivity index (χ3v) is 3.28. The molecular weight excluding hydrogens is 277 g/mol. The van der Waals surface area contributed by atoms with E-state index in [1.54, 1.807) is 24.1 Å². The van der Waals surface area contributed by atoms with E-state index in [-0.39, 0.29) is 12.3 Å². The molecule has 1 amide bonds. The molecule has 0 radical (unpaired) electrons. The van der Waals surface area contributed by atoms with Crippen molar-refractivity contribution in [1.29, 1.82) is 0 Å². The monoisotopic (exact) mass is 291 g/mol. The average molecular weight is 292 g/mol. The lowest BCUT2D eigenvalue weighted by Crippen LogP contribution is -2.28. The van der Waals surface area contributed by atoms with Crippen LogP contribution in [-0.2, 0) is 17.8 Å². The van der Waals surface area contributed by atoms with Crippen LogP contribution in [0.3, 0.4) is 0 Å². The zero-order chi connectivity index (χ0) is 14.5. The highest BCUT2D eigenvalue weighted by atomic mass is 35.5. The van der Waals surface area contributed by atoms with Crippen LogP contribution in [-0.4, -0.2) is 17.9 Å². The zero-order valence-electron chi connectivity index (χ0n) is 11.1. The van der Waals surface area contributed by atoms with E-state index in [0.717, 1.165) is 5.56 Å². The number of nitrogens with zero attached hydrogens (tertiary/aromatic N) is 1. The molecule has 2 aromatic carbocycles. The Labute approximate surface area is 122 Å². The number of carbonyl (C=O) groups excluding carboxylic acids is 1. The van der Waals surface area contributed by atoms with Gasteiger partial charge in [-0.15, -0.1) is 0 Å². The number of likely N-dealkylation sites (N-methyl/N-ethyl adjacent to an activating group) is 1. The fourth-order valence-electron chi connectivity index (χ4n) is 1.91. The van der Waals surface area contributed by atoms with Crippen LogP contribution in [0.15, 0.2) is 48.5 Å². The van der Waals surface area contributed by atoms with Crippen LogP contribution in [0.1, 0.15) is 11.1 Å². The van der Waals surface area contributed by atoms with E-state index < -0.39 is 5.82 Å². The number of benzene rings is 2. The predicted octanol–water partition coefficient (Wildman–Crippen LogP) is 3.68. The predicted molar refractivity (Wildman–Crippen MR) is 78.0 cm³/mol. The molecular formula is C16H15ClFNO. The molecule has 2 aromatic rings. The van der Waals surface area contributed by atoms with Crippen LogP contribution in [0.25, 0.3) is 0 Å². The quantitative estimate of drug-likeness (QED) is 0.841. The van der Waals surface area contributed by atoms with Crippen LogP contribution in [0.5, 0.6) is 0 Å². The Morgan fingerprint density at radius 2 is 1.90 bits per heavy atom. The summed E-state index contributed by atoms with van der Waals surface area (Å²) < 4.78 is 13.6. The van der Waals surface area contributed by atoms with Crippen molar-refractivity contribution < 1.29 is 9.18 Å². The molecule has 0 unspecified atom stereocenters. The summed E-state index contributed by atoms with van der Waals surface area (Å²) in [5.41, 5.74) is 1.40. The van der Waals surface area contributed by atoms with E-state index in [1.165, 1.54) is 6.07 Å². The molecule has 4 heteroatoms. The first-order valence-corrected chi connectivity index (χ1v) is 6.66. The Hall–Kier alpha value is -1.87. The Morgan fingerprint density at radius 3 is 2.55 bits per heavy atom. The second-order valence-corrected chi connectivity index (χ2v) is 5.08. The highest BCUT2D eigenvalue weighted by Crippen LogP contribution is 2.16. The van der Waals surface area contributed by atoms with Gasteiger partial charge in [0.05, 0.1) is 6.42 Å². The third-order valence-electron chi connectivity index (χ3n) is 3.05. The minimum Gasteiger partial charge on any atom is -0.341 e. The lowest BCUT2D eigenvalue weighted by Gasteiger charge is -2.17. The number of rotatable bonds is 4. The lowest BCUT2D eigenvalue weighted by molar-refractivity contribution is -0.129. The summed E-state index contributed by atoms with van der Waals surface area (Å²) in [7, 11) is 1.71. The topological polar surface area (TPSA) is 20.3 Å². The Bertz CT molecular complexity index is 601. The fraction of sp³-hybridized carbons (Fsp3) is 0.188. The standard InChI is InChI=1S/C16H15ClFNO/c1-19(11-12-5-3-2-4-6-12)16(20)9-13-7-8-14(17)10-15(13)18/h2-8,10H,9,11H2,1H3. The SMILES string of the molecule is CN(Cc1ccccc1)C(=O)Cc1ccc(Cl)cc1F. The van der Waals surface area contributed by atoms with Crippen molar-refractivity contribution >= 4 is 17.5 Å². The second-order valence-electron chi connectivity index (χ2n) is 4.65. The second kappa shape index (κ2) is 6.53. The first-order valence-electron chi connectivity index (χ1n) is 6.28. The van der Waals surface area contributed by atoms with Crippen molar-refractivity contribution in [2.75, 3.05) is 7.05 Å². The van der Waals surface area contributed by atoms with Gasteiger partial charge in [0, 0.05) is 18.6 Å². The summed E-state index contributed by atoms with van der Waals surface area (Å²) in [4.78, 5) is 13.7. The van der Waals surface area contributed by atoms with Gasteiger partial charge in [0.2, 0.25) is 5.91 Å². The summed E-state index contributed by atoms with van der Waals surface area (Å²) in [5, 5.41) is 0.330. The van der Waals surface area contributed by atoms with E-state index in [2.05, 4.69) is 0 Å². The normalized spacial score (nSPS) is 10.3. The molecule has 0 bridgehead atoms. The lowest BCUT2D eigenvalue weighted by atomic mass is 10.1. The summed E-state index contributed by atoms with van der Waals surface area (Å²) >= 11 is 5.69. The zero-order valence-corrected chi connectivity index (χ0v) is 11.9. The molecule has 0 aliphatic rings. The van der Waals surface area contributed by atoms with E-state index in [9.17, 15) is 9.18 Å². The molecule has 2 nitrogen and oxygen atoms in total. The van der Waals surface area contributed by atoms with Crippen molar-refractivity contribution in [3.63, 3.8) is 0 Å². The van der Waals surface area contributed by atoms with Crippen molar-refractivity contribution in [2.45, 2.75) is 13.0 Å². The molecule has 0 atom stereocenters. The maximum Gasteiger partial charge on any atom is 0.227 e. The first-order chi connectivity index (χ1) is 9.56. The summed E-state index contributed by atoms with van der Waals surface area (Å²) in [6.07, 6.45) is 0.0341. The minimum atomic E-state index is -0.445. The van der Waals surface area contributed by atoms with Gasteiger partial charge in [-0.2, -0.15) is 0 Å². The van der Waals surface area contributed by atoms with Crippen LogP contribution in [0, 0.1) is 5.82 Å². The van der Waals surface area contributed by atoms with Crippen molar-refractivity contribution in [1.82, 2.24) is 4.90 Å². The molecule has 0 saturated heterocycles. The van der Waals surface area contributed by atoms with Gasteiger partial charge in [-0.1, -0.05) is 48.0 Å². The summed E-state index contributed by atoms with van der Waals surface area (Å²) in [6, 6.07) is 14.0. The molecule has 0 saturated carbocycles. The van der Waals surface area contributed by atoms with Gasteiger partial charge < -0.3 is 4.90 Å². The fourth-order valence-corrected chi connectivity index (χ4v) is 2.07. The van der Waals surface area contributed by atoms with Gasteiger partial charge >= 0.3 is 0 Å². The molecule has 0 spiro atoms. The van der Waals surface area contributed by atoms with Gasteiger partial charge in [0.1, 0.15) is 5.82 Å². The number of hydrogen-bond acceptors (Lipinski definition) is 1. The maximum atomic E-state index is 13.6. The Balaban J connectivity index is 2.01. The molecule has 0 aromatic heterocycles. The van der Waals surface area contributed by atoms with Gasteiger partial charge in [-0.25, -0.2) is 4.39 Å². The molecule has 0 heterocycles. The van der Waals surface area contributed by atoms with Crippen molar-refractivity contribution in [3.8, 4) is 0 Å². The van der Waals surface area contributed by atoms with Crippen LogP contribution >= 0.6 is 11.6 Å². The number of hydrogen-bond donors (Lipinski definition) is 0. The van der Waals surface area contributed by atoms with E-state index in [0.29, 0.717) is 17.1 Å². The number of carbonyl (C=O) groups is 1. The molecule has 104 valence electrons. The Kier molecular flexibility index (Phi) is 4.74. The van der Waals surface area contributed by atoms with Crippen molar-refractivity contribution in [2.24, 2.45) is 0 Å². The molecule has 0 fully saturated rings. The molecule has 20 heavy (non-hydrogen) atoms. The first kappa shape index (κ1) is 14.5. The van der Waals surface area contributed by atoms with Crippen LogP contribution < -0.4 is 0 Å². The minimum absolute atomic E-state index is 0.0341. The summed E-state index contributed by atoms with van der Waals surface area (Å²) in [5.74, 6) is -0.575. The van der Waals surface area contributed by atoms with Crippen LogP contribution in [0.4, 0.5) is 4.39 Å². The number of amides is 1. The van der Waals surface area contributed by atoms with E-state index >= 15 is 0 Å². The Morgan fingerprint density at radius 1 is 1.20 bits per heavy atom. The van der Waals surface area contributed by atoms with Crippen molar-refractivity contribution in [3.05, 3.63) is 70.5 Å². The van der Waals surface area contributed by atoms with E-state index in [4.69, 9.17) is 11.6 Å². The van der Waals surface area contributed by atoms with Gasteiger partial charge in [-0.3, -0.25) is 4.79 Å². The highest BCUT2D eigenvalue weighted by Gasteiger charge is 2.13.